The van der Waals surface area contributed by atoms with Gasteiger partial charge in [-0.05, 0) is 30.3 Å². The van der Waals surface area contributed by atoms with Crippen LogP contribution in [0.15, 0.2) is 47.5 Å². The molecule has 1 aliphatic heterocycles. The Hall–Kier alpha value is -2.97. The van der Waals surface area contributed by atoms with Gasteiger partial charge in [-0.2, -0.15) is 5.06 Å². The zero-order chi connectivity index (χ0) is 19.0. The van der Waals surface area contributed by atoms with Gasteiger partial charge in [0.15, 0.2) is 11.6 Å². The molecule has 0 amide bonds. The number of fused-ring (bicyclic) bond motifs is 3. The molecule has 1 aliphatic rings. The molecule has 4 rings (SSSR count). The van der Waals surface area contributed by atoms with Crippen LogP contribution >= 0.6 is 0 Å². The first-order chi connectivity index (χ1) is 13.1. The van der Waals surface area contributed by atoms with Gasteiger partial charge in [0, 0.05) is 17.7 Å². The highest BCUT2D eigenvalue weighted by Gasteiger charge is 2.25. The fourth-order valence-corrected chi connectivity index (χ4v) is 3.12. The molecule has 138 valence electrons. The van der Waals surface area contributed by atoms with Crippen LogP contribution in [0.4, 0.5) is 8.78 Å². The van der Waals surface area contributed by atoms with Crippen molar-refractivity contribution in [1.29, 1.82) is 0 Å². The number of hydroxylamine groups is 2. The van der Waals surface area contributed by atoms with Crippen LogP contribution in [0.3, 0.4) is 0 Å². The number of benzene rings is 2. The van der Waals surface area contributed by atoms with Crippen LogP contribution in [0.1, 0.15) is 29.7 Å². The van der Waals surface area contributed by atoms with E-state index in [0.717, 1.165) is 5.06 Å². The van der Waals surface area contributed by atoms with Crippen molar-refractivity contribution in [3.8, 4) is 5.69 Å². The molecule has 1 N–H and O–H groups in total. The maximum absolute atomic E-state index is 14.4. The Labute approximate surface area is 154 Å². The third-order valence-electron chi connectivity index (χ3n) is 4.45. The molecule has 0 atom stereocenters. The summed E-state index contributed by atoms with van der Waals surface area (Å²) in [5.74, 6) is 0.144. The van der Waals surface area contributed by atoms with Crippen molar-refractivity contribution in [2.45, 2.75) is 20.0 Å². The predicted octanol–water partition coefficient (Wildman–Crippen LogP) is 3.11. The highest BCUT2D eigenvalue weighted by Crippen LogP contribution is 2.27. The maximum Gasteiger partial charge on any atom is 0.159 e. The summed E-state index contributed by atoms with van der Waals surface area (Å²) >= 11 is 0. The lowest BCUT2D eigenvalue weighted by Gasteiger charge is -2.16. The van der Waals surface area contributed by atoms with Crippen LogP contribution in [-0.4, -0.2) is 37.3 Å². The molecule has 0 fully saturated rings. The summed E-state index contributed by atoms with van der Waals surface area (Å²) in [6.45, 7) is 2.53. The van der Waals surface area contributed by atoms with Crippen LogP contribution in [0, 0.1) is 11.6 Å². The number of aromatic nitrogens is 3. The van der Waals surface area contributed by atoms with Crippen molar-refractivity contribution in [2.24, 2.45) is 4.99 Å². The van der Waals surface area contributed by atoms with Gasteiger partial charge in [-0.15, -0.1) is 10.2 Å². The summed E-state index contributed by atoms with van der Waals surface area (Å²) in [7, 11) is 0. The summed E-state index contributed by atoms with van der Waals surface area (Å²) in [6.07, 6.45) is 0. The van der Waals surface area contributed by atoms with E-state index in [-0.39, 0.29) is 13.1 Å². The summed E-state index contributed by atoms with van der Waals surface area (Å²) in [5.41, 5.74) is 1.69. The fourth-order valence-electron chi connectivity index (χ4n) is 3.12. The molecule has 0 spiro atoms. The second-order valence-electron chi connectivity index (χ2n) is 6.15. The molecule has 2 aromatic carbocycles. The predicted molar refractivity (Wildman–Crippen MR) is 94.9 cm³/mol. The molecule has 27 heavy (non-hydrogen) atoms. The molecule has 0 saturated heterocycles. The van der Waals surface area contributed by atoms with E-state index in [1.807, 2.05) is 6.92 Å². The molecular formula is C19H17F2N5O. The molecule has 0 unspecified atom stereocenters. The van der Waals surface area contributed by atoms with Gasteiger partial charge in [0.2, 0.25) is 0 Å². The van der Waals surface area contributed by atoms with Gasteiger partial charge in [0.05, 0.1) is 17.9 Å². The summed E-state index contributed by atoms with van der Waals surface area (Å²) in [5, 5.41) is 19.3. The summed E-state index contributed by atoms with van der Waals surface area (Å²) in [6, 6.07) is 10.5. The SMILES string of the molecule is CCN(O)Cc1nnc2n1-c1ccc(F)cc1C(c1ccccc1F)=NC2. The minimum atomic E-state index is -0.451. The van der Waals surface area contributed by atoms with Gasteiger partial charge in [-0.1, -0.05) is 19.1 Å². The molecule has 1 aromatic heterocycles. The van der Waals surface area contributed by atoms with Crippen molar-refractivity contribution in [3.63, 3.8) is 0 Å². The van der Waals surface area contributed by atoms with Crippen LogP contribution in [0.2, 0.25) is 0 Å². The van der Waals surface area contributed by atoms with Crippen LogP contribution in [0.5, 0.6) is 0 Å². The van der Waals surface area contributed by atoms with Gasteiger partial charge < -0.3 is 5.21 Å². The Morgan fingerprint density at radius 3 is 2.70 bits per heavy atom. The van der Waals surface area contributed by atoms with Crippen molar-refractivity contribution in [2.75, 3.05) is 6.54 Å². The van der Waals surface area contributed by atoms with Crippen molar-refractivity contribution in [3.05, 3.63) is 76.9 Å². The van der Waals surface area contributed by atoms with E-state index < -0.39 is 11.6 Å². The third-order valence-corrected chi connectivity index (χ3v) is 4.45. The van der Waals surface area contributed by atoms with Crippen LogP contribution < -0.4 is 0 Å². The Kier molecular flexibility index (Phi) is 4.51. The van der Waals surface area contributed by atoms with E-state index in [4.69, 9.17) is 0 Å². The highest BCUT2D eigenvalue weighted by molar-refractivity contribution is 6.15. The first-order valence-corrected chi connectivity index (χ1v) is 8.55. The third kappa shape index (κ3) is 3.13. The van der Waals surface area contributed by atoms with E-state index in [9.17, 15) is 14.0 Å². The molecule has 0 saturated carbocycles. The van der Waals surface area contributed by atoms with E-state index in [1.165, 1.54) is 18.2 Å². The standard InChI is InChI=1S/C19H17F2N5O/c1-2-25(27)11-18-24-23-17-10-22-19(13-5-3-4-6-15(13)21)14-9-12(20)7-8-16(14)26(17)18/h3-9,27H,2,10-11H2,1H3. The molecule has 2 heterocycles. The lowest BCUT2D eigenvalue weighted by molar-refractivity contribution is -0.0967. The maximum atomic E-state index is 14.4. The quantitative estimate of drug-likeness (QED) is 0.718. The van der Waals surface area contributed by atoms with Gasteiger partial charge in [0.1, 0.15) is 18.2 Å². The Morgan fingerprint density at radius 2 is 1.93 bits per heavy atom. The molecule has 0 bridgehead atoms. The molecule has 0 aliphatic carbocycles. The zero-order valence-corrected chi connectivity index (χ0v) is 14.6. The lowest BCUT2D eigenvalue weighted by Crippen LogP contribution is -2.21. The number of nitrogens with zero attached hydrogens (tertiary/aromatic N) is 5. The van der Waals surface area contributed by atoms with Crippen molar-refractivity contribution < 1.29 is 14.0 Å². The first-order valence-electron chi connectivity index (χ1n) is 8.55. The van der Waals surface area contributed by atoms with Crippen molar-refractivity contribution >= 4 is 5.71 Å². The molecule has 0 radical (unpaired) electrons. The number of halogens is 2. The number of aliphatic imine (C=N–C) groups is 1. The second kappa shape index (κ2) is 6.98. The molecule has 3 aromatic rings. The topological polar surface area (TPSA) is 66.5 Å². The molecular weight excluding hydrogens is 352 g/mol. The monoisotopic (exact) mass is 369 g/mol. The van der Waals surface area contributed by atoms with E-state index in [1.54, 1.807) is 28.8 Å². The fraction of sp³-hybridized carbons (Fsp3) is 0.211. The summed E-state index contributed by atoms with van der Waals surface area (Å²) in [4.78, 5) is 4.50. The van der Waals surface area contributed by atoms with Gasteiger partial charge >= 0.3 is 0 Å². The minimum absolute atomic E-state index is 0.148. The van der Waals surface area contributed by atoms with Crippen molar-refractivity contribution in [1.82, 2.24) is 19.8 Å². The smallest absolute Gasteiger partial charge is 0.159 e. The lowest BCUT2D eigenvalue weighted by atomic mass is 10.00. The van der Waals surface area contributed by atoms with E-state index in [0.29, 0.717) is 40.7 Å². The minimum Gasteiger partial charge on any atom is -0.314 e. The zero-order valence-electron chi connectivity index (χ0n) is 14.6. The van der Waals surface area contributed by atoms with E-state index >= 15 is 0 Å². The average Bonchev–Trinajstić information content (AvgIpc) is 2.98. The second-order valence-corrected chi connectivity index (χ2v) is 6.15. The summed E-state index contributed by atoms with van der Waals surface area (Å²) < 4.78 is 30.2. The van der Waals surface area contributed by atoms with Crippen LogP contribution in [-0.2, 0) is 13.1 Å². The van der Waals surface area contributed by atoms with E-state index in [2.05, 4.69) is 15.2 Å². The molecule has 8 heteroatoms. The van der Waals surface area contributed by atoms with Gasteiger partial charge in [-0.3, -0.25) is 9.56 Å². The molecule has 6 nitrogen and oxygen atoms in total. The Morgan fingerprint density at radius 1 is 1.11 bits per heavy atom. The Balaban J connectivity index is 1.92. The average molecular weight is 369 g/mol. The number of rotatable bonds is 4. The Bertz CT molecular complexity index is 1030. The largest absolute Gasteiger partial charge is 0.314 e. The van der Waals surface area contributed by atoms with Gasteiger partial charge in [0.25, 0.3) is 0 Å². The van der Waals surface area contributed by atoms with Crippen LogP contribution in [0.25, 0.3) is 5.69 Å². The normalized spacial score (nSPS) is 13.1. The highest BCUT2D eigenvalue weighted by atomic mass is 19.1. The first kappa shape index (κ1) is 17.4. The van der Waals surface area contributed by atoms with Gasteiger partial charge in [-0.25, -0.2) is 8.78 Å². The number of hydrogen-bond acceptors (Lipinski definition) is 5. The number of hydrogen-bond donors (Lipinski definition) is 1.